The summed E-state index contributed by atoms with van der Waals surface area (Å²) < 4.78 is 21.3. The van der Waals surface area contributed by atoms with Gasteiger partial charge >= 0.3 is 0 Å². The van der Waals surface area contributed by atoms with Gasteiger partial charge in [0.2, 0.25) is 0 Å². The Morgan fingerprint density at radius 3 is 2.75 bits per heavy atom. The van der Waals surface area contributed by atoms with Crippen molar-refractivity contribution < 1.29 is 8.95 Å². The van der Waals surface area contributed by atoms with Crippen molar-refractivity contribution in [3.8, 4) is 5.75 Å². The Hall–Kier alpha value is -1.23. The maximum atomic E-state index is 11.8. The summed E-state index contributed by atoms with van der Waals surface area (Å²) >= 11 is 0. The van der Waals surface area contributed by atoms with Crippen LogP contribution in [0.3, 0.4) is 0 Å². The van der Waals surface area contributed by atoms with Gasteiger partial charge in [-0.05, 0) is 58.1 Å². The number of nitrogens with zero attached hydrogens (tertiary/aromatic N) is 2. The molecule has 1 atom stereocenters. The summed E-state index contributed by atoms with van der Waals surface area (Å²) in [5.41, 5.74) is 1.74. The van der Waals surface area contributed by atoms with Gasteiger partial charge in [0, 0.05) is 0 Å². The zero-order valence-corrected chi connectivity index (χ0v) is 13.4. The number of aryl methyl sites for hydroxylation is 1. The molecule has 1 aliphatic rings. The Kier molecular flexibility index (Phi) is 4.58. The summed E-state index contributed by atoms with van der Waals surface area (Å²) in [6.07, 6.45) is 5.84. The Morgan fingerprint density at radius 1 is 1.50 bits per heavy atom. The maximum Gasteiger partial charge on any atom is 0.144 e. The summed E-state index contributed by atoms with van der Waals surface area (Å²) in [6.45, 7) is 8.46. The Labute approximate surface area is 123 Å². The second kappa shape index (κ2) is 6.04. The number of aromatic nitrogens is 1. The molecule has 1 fully saturated rings. The summed E-state index contributed by atoms with van der Waals surface area (Å²) in [7, 11) is -1.25. The molecule has 1 aliphatic carbocycles. The van der Waals surface area contributed by atoms with Gasteiger partial charge in [-0.2, -0.15) is 4.40 Å². The minimum Gasteiger partial charge on any atom is -0.491 e. The van der Waals surface area contributed by atoms with Crippen LogP contribution in [0.4, 0.5) is 0 Å². The lowest BCUT2D eigenvalue weighted by molar-refractivity contribution is 0.296. The van der Waals surface area contributed by atoms with E-state index in [9.17, 15) is 4.21 Å². The van der Waals surface area contributed by atoms with Crippen LogP contribution in [-0.4, -0.2) is 26.8 Å². The van der Waals surface area contributed by atoms with Crippen molar-refractivity contribution >= 4 is 17.2 Å². The molecule has 0 aliphatic heterocycles. The lowest BCUT2D eigenvalue weighted by Crippen LogP contribution is -2.19. The van der Waals surface area contributed by atoms with Crippen LogP contribution in [0.25, 0.3) is 0 Å². The van der Waals surface area contributed by atoms with E-state index in [2.05, 4.69) is 9.38 Å². The minimum absolute atomic E-state index is 0.348. The van der Waals surface area contributed by atoms with Crippen LogP contribution >= 0.6 is 0 Å². The van der Waals surface area contributed by atoms with Crippen LogP contribution in [0, 0.1) is 12.8 Å². The van der Waals surface area contributed by atoms with E-state index in [0.717, 1.165) is 23.8 Å². The van der Waals surface area contributed by atoms with E-state index >= 15 is 0 Å². The molecule has 0 radical (unpaired) electrons. The van der Waals surface area contributed by atoms with Crippen LogP contribution in [0.1, 0.15) is 44.9 Å². The first kappa shape index (κ1) is 15.2. The fourth-order valence-electron chi connectivity index (χ4n) is 1.54. The van der Waals surface area contributed by atoms with Gasteiger partial charge in [0.05, 0.1) is 29.5 Å². The van der Waals surface area contributed by atoms with Gasteiger partial charge in [-0.3, -0.25) is 4.98 Å². The van der Waals surface area contributed by atoms with Crippen molar-refractivity contribution in [2.24, 2.45) is 10.3 Å². The molecule has 4 nitrogen and oxygen atoms in total. The molecule has 0 N–H and O–H groups in total. The normalized spacial score (nSPS) is 17.4. The van der Waals surface area contributed by atoms with Gasteiger partial charge in [0.25, 0.3) is 0 Å². The predicted molar refractivity (Wildman–Crippen MR) is 82.7 cm³/mol. The second-order valence-corrected chi connectivity index (χ2v) is 8.16. The van der Waals surface area contributed by atoms with Crippen LogP contribution in [0.2, 0.25) is 0 Å². The second-order valence-electron chi connectivity index (χ2n) is 6.23. The van der Waals surface area contributed by atoms with Crippen molar-refractivity contribution in [3.05, 3.63) is 23.5 Å². The van der Waals surface area contributed by atoms with Crippen LogP contribution < -0.4 is 4.74 Å². The van der Waals surface area contributed by atoms with Crippen molar-refractivity contribution in [2.45, 2.75) is 45.3 Å². The molecule has 5 heteroatoms. The number of rotatable bonds is 5. The molecule has 1 aromatic heterocycles. The molecule has 110 valence electrons. The fraction of sp³-hybridized carbons (Fsp3) is 0.600. The van der Waals surface area contributed by atoms with E-state index < -0.39 is 11.0 Å². The largest absolute Gasteiger partial charge is 0.491 e. The molecule has 1 heterocycles. The van der Waals surface area contributed by atoms with Crippen molar-refractivity contribution in [1.82, 2.24) is 4.98 Å². The molecular formula is C15H22N2O2S. The summed E-state index contributed by atoms with van der Waals surface area (Å²) in [5, 5.41) is 0. The molecule has 0 saturated heterocycles. The zero-order valence-electron chi connectivity index (χ0n) is 12.5. The van der Waals surface area contributed by atoms with E-state index in [-0.39, 0.29) is 4.75 Å². The zero-order chi connectivity index (χ0) is 14.8. The smallest absolute Gasteiger partial charge is 0.144 e. The molecule has 0 unspecified atom stereocenters. The molecule has 0 spiro atoms. The lowest BCUT2D eigenvalue weighted by atomic mass is 10.2. The molecule has 20 heavy (non-hydrogen) atoms. The molecule has 0 amide bonds. The van der Waals surface area contributed by atoms with Gasteiger partial charge in [0.15, 0.2) is 0 Å². The average molecular weight is 294 g/mol. The third-order valence-corrected chi connectivity index (χ3v) is 4.40. The molecular weight excluding hydrogens is 272 g/mol. The number of pyridine rings is 1. The van der Waals surface area contributed by atoms with Gasteiger partial charge in [-0.1, -0.05) is 0 Å². The third kappa shape index (κ3) is 4.40. The minimum atomic E-state index is -1.25. The number of hydrogen-bond acceptors (Lipinski definition) is 3. The molecule has 0 bridgehead atoms. The molecule has 0 aromatic carbocycles. The molecule has 1 aromatic rings. The lowest BCUT2D eigenvalue weighted by Gasteiger charge is -2.12. The standard InChI is InChI=1S/C15H22N2O2S/c1-11-7-13(8-17-20(18)15(2,3)4)16-9-14(11)19-10-12-5-6-12/h7-9,12H,5-6,10H2,1-4H3/t20-/m1/s1. The average Bonchev–Trinajstić information content (AvgIpc) is 3.17. The van der Waals surface area contributed by atoms with Gasteiger partial charge in [-0.25, -0.2) is 4.21 Å². The quantitative estimate of drug-likeness (QED) is 0.784. The van der Waals surface area contributed by atoms with Crippen molar-refractivity contribution in [3.63, 3.8) is 0 Å². The van der Waals surface area contributed by atoms with Crippen LogP contribution in [-0.2, 0) is 11.0 Å². The highest BCUT2D eigenvalue weighted by molar-refractivity contribution is 7.85. The molecule has 1 saturated carbocycles. The first-order valence-electron chi connectivity index (χ1n) is 6.92. The maximum absolute atomic E-state index is 11.8. The third-order valence-electron chi connectivity index (χ3n) is 3.06. The van der Waals surface area contributed by atoms with E-state index in [0.29, 0.717) is 5.69 Å². The first-order chi connectivity index (χ1) is 9.36. The van der Waals surface area contributed by atoms with Gasteiger partial charge < -0.3 is 4.74 Å². The highest BCUT2D eigenvalue weighted by Crippen LogP contribution is 2.30. The van der Waals surface area contributed by atoms with Crippen molar-refractivity contribution in [1.29, 1.82) is 0 Å². The Bertz CT molecular complexity index is 531. The Morgan fingerprint density at radius 2 is 2.20 bits per heavy atom. The van der Waals surface area contributed by atoms with Gasteiger partial charge in [0.1, 0.15) is 16.7 Å². The summed E-state index contributed by atoms with van der Waals surface area (Å²) in [6, 6.07) is 1.91. The SMILES string of the molecule is Cc1cc(C=N[S@](=O)C(C)(C)C)ncc1OCC1CC1. The highest BCUT2D eigenvalue weighted by Gasteiger charge is 2.22. The number of ether oxygens (including phenoxy) is 1. The first-order valence-corrected chi connectivity index (χ1v) is 8.02. The van der Waals surface area contributed by atoms with Crippen molar-refractivity contribution in [2.75, 3.05) is 6.61 Å². The Balaban J connectivity index is 2.00. The number of hydrogen-bond donors (Lipinski definition) is 0. The summed E-state index contributed by atoms with van der Waals surface area (Å²) in [4.78, 5) is 4.28. The fourth-order valence-corrected chi connectivity index (χ4v) is 2.06. The van der Waals surface area contributed by atoms with Crippen LogP contribution in [0.15, 0.2) is 16.7 Å². The summed E-state index contributed by atoms with van der Waals surface area (Å²) in [5.74, 6) is 1.55. The van der Waals surface area contributed by atoms with Crippen LogP contribution in [0.5, 0.6) is 5.75 Å². The van der Waals surface area contributed by atoms with E-state index in [1.54, 1.807) is 12.4 Å². The van der Waals surface area contributed by atoms with E-state index in [1.807, 2.05) is 33.8 Å². The van der Waals surface area contributed by atoms with E-state index in [1.165, 1.54) is 12.8 Å². The predicted octanol–water partition coefficient (Wildman–Crippen LogP) is 3.06. The highest BCUT2D eigenvalue weighted by atomic mass is 32.2. The van der Waals surface area contributed by atoms with E-state index in [4.69, 9.17) is 4.74 Å². The van der Waals surface area contributed by atoms with Gasteiger partial charge in [-0.15, -0.1) is 0 Å². The molecule has 2 rings (SSSR count). The monoisotopic (exact) mass is 294 g/mol. The topological polar surface area (TPSA) is 51.5 Å².